The number of hydrogen-bond donors (Lipinski definition) is 0. The van der Waals surface area contributed by atoms with Gasteiger partial charge in [-0.15, -0.1) is 0 Å². The number of ether oxygens (including phenoxy) is 1. The van der Waals surface area contributed by atoms with Gasteiger partial charge in [0.05, 0.1) is 28.8 Å². The average molecular weight is 417 g/mol. The Morgan fingerprint density at radius 3 is 2.71 bits per heavy atom. The van der Waals surface area contributed by atoms with Crippen molar-refractivity contribution in [2.24, 2.45) is 11.8 Å². The molecule has 4 aromatic rings. The summed E-state index contributed by atoms with van der Waals surface area (Å²) in [6, 6.07) is 12.3. The highest BCUT2D eigenvalue weighted by molar-refractivity contribution is 5.86. The molecule has 160 valence electrons. The molecule has 0 N–H and O–H groups in total. The van der Waals surface area contributed by atoms with Gasteiger partial charge in [-0.2, -0.15) is 5.10 Å². The maximum Gasteiger partial charge on any atom is 0.261 e. The van der Waals surface area contributed by atoms with Crippen molar-refractivity contribution in [1.82, 2.24) is 19.2 Å². The second-order valence-electron chi connectivity index (χ2n) is 8.78. The van der Waals surface area contributed by atoms with E-state index in [1.807, 2.05) is 47.2 Å². The van der Waals surface area contributed by atoms with Gasteiger partial charge in [0, 0.05) is 25.5 Å². The summed E-state index contributed by atoms with van der Waals surface area (Å²) in [7, 11) is 1.66. The molecule has 6 nitrogen and oxygen atoms in total. The zero-order valence-corrected chi connectivity index (χ0v) is 18.3. The predicted octanol–water partition coefficient (Wildman–Crippen LogP) is 4.85. The fourth-order valence-electron chi connectivity index (χ4n) is 5.07. The number of nitrogens with zero attached hydrogens (tertiary/aromatic N) is 4. The maximum atomic E-state index is 13.5. The van der Waals surface area contributed by atoms with Gasteiger partial charge in [-0.1, -0.05) is 57.0 Å². The van der Waals surface area contributed by atoms with E-state index in [-0.39, 0.29) is 11.6 Å². The number of hydrogen-bond acceptors (Lipinski definition) is 4. The third-order valence-electron chi connectivity index (χ3n) is 6.98. The molecule has 3 aromatic heterocycles. The topological polar surface area (TPSA) is 61.4 Å². The molecule has 1 aromatic carbocycles. The fraction of sp³-hybridized carbons (Fsp3) is 0.400. The summed E-state index contributed by atoms with van der Waals surface area (Å²) in [6.45, 7) is 4.94. The summed E-state index contributed by atoms with van der Waals surface area (Å²) in [6.07, 6.45) is 7.11. The number of pyridine rings is 1. The summed E-state index contributed by atoms with van der Waals surface area (Å²) in [5.74, 6) is 1.10. The number of fused-ring (bicyclic) bond motifs is 3. The molecule has 5 rings (SSSR count). The van der Waals surface area contributed by atoms with E-state index in [4.69, 9.17) is 14.8 Å². The van der Waals surface area contributed by atoms with Gasteiger partial charge in [-0.3, -0.25) is 4.79 Å². The lowest BCUT2D eigenvalue weighted by atomic mass is 9.78. The highest BCUT2D eigenvalue weighted by Gasteiger charge is 2.29. The Hall–Kier alpha value is -2.99. The van der Waals surface area contributed by atoms with E-state index in [1.54, 1.807) is 17.8 Å². The molecule has 0 amide bonds. The monoisotopic (exact) mass is 416 g/mol. The van der Waals surface area contributed by atoms with Crippen LogP contribution in [-0.4, -0.2) is 26.3 Å². The van der Waals surface area contributed by atoms with Gasteiger partial charge < -0.3 is 9.30 Å². The van der Waals surface area contributed by atoms with Crippen LogP contribution < -0.4 is 5.56 Å². The third-order valence-corrected chi connectivity index (χ3v) is 6.98. The molecule has 0 radical (unpaired) electrons. The van der Waals surface area contributed by atoms with Crippen molar-refractivity contribution < 1.29 is 4.74 Å². The average Bonchev–Trinajstić information content (AvgIpc) is 3.15. The Balaban J connectivity index is 1.71. The van der Waals surface area contributed by atoms with E-state index in [0.717, 1.165) is 40.8 Å². The highest BCUT2D eigenvalue weighted by atomic mass is 16.5. The maximum absolute atomic E-state index is 13.5. The molecule has 0 aliphatic heterocycles. The minimum atomic E-state index is 0.0166. The first-order valence-electron chi connectivity index (χ1n) is 11.1. The van der Waals surface area contributed by atoms with Crippen molar-refractivity contribution in [3.63, 3.8) is 0 Å². The molecule has 0 saturated heterocycles. The molecule has 6 heteroatoms. The molecule has 3 heterocycles. The van der Waals surface area contributed by atoms with Crippen LogP contribution in [-0.2, 0) is 11.3 Å². The lowest BCUT2D eigenvalue weighted by Gasteiger charge is -2.35. The zero-order chi connectivity index (χ0) is 21.5. The minimum absolute atomic E-state index is 0.0166. The quantitative estimate of drug-likeness (QED) is 0.477. The van der Waals surface area contributed by atoms with Gasteiger partial charge >= 0.3 is 0 Å². The molecule has 0 spiro atoms. The second kappa shape index (κ2) is 7.93. The first kappa shape index (κ1) is 19.9. The Labute approximate surface area is 181 Å². The summed E-state index contributed by atoms with van der Waals surface area (Å²) in [4.78, 5) is 18.2. The van der Waals surface area contributed by atoms with Crippen LogP contribution in [0.15, 0.2) is 53.6 Å². The molecular weight excluding hydrogens is 388 g/mol. The molecule has 31 heavy (non-hydrogen) atoms. The second-order valence-corrected chi connectivity index (χ2v) is 8.78. The lowest BCUT2D eigenvalue weighted by molar-refractivity contribution is 0.181. The van der Waals surface area contributed by atoms with Crippen molar-refractivity contribution in [3.8, 4) is 11.1 Å². The van der Waals surface area contributed by atoms with Crippen LogP contribution >= 0.6 is 0 Å². The van der Waals surface area contributed by atoms with E-state index < -0.39 is 0 Å². The van der Waals surface area contributed by atoms with Gasteiger partial charge in [0.15, 0.2) is 5.65 Å². The highest BCUT2D eigenvalue weighted by Crippen LogP contribution is 2.37. The largest absolute Gasteiger partial charge is 0.378 e. The van der Waals surface area contributed by atoms with Gasteiger partial charge in [0.2, 0.25) is 0 Å². The minimum Gasteiger partial charge on any atom is -0.378 e. The number of rotatable bonds is 4. The van der Waals surface area contributed by atoms with Crippen molar-refractivity contribution in [2.75, 3.05) is 7.11 Å². The molecule has 1 aliphatic carbocycles. The molecule has 0 bridgehead atoms. The first-order chi connectivity index (χ1) is 15.1. The summed E-state index contributed by atoms with van der Waals surface area (Å²) in [5.41, 5.74) is 4.33. The Morgan fingerprint density at radius 2 is 1.94 bits per heavy atom. The molecule has 3 atom stereocenters. The van der Waals surface area contributed by atoms with E-state index in [0.29, 0.717) is 23.8 Å². The van der Waals surface area contributed by atoms with Gasteiger partial charge in [-0.05, 0) is 29.9 Å². The number of benzene rings is 1. The van der Waals surface area contributed by atoms with Crippen molar-refractivity contribution >= 4 is 16.6 Å². The third kappa shape index (κ3) is 3.26. The summed E-state index contributed by atoms with van der Waals surface area (Å²) >= 11 is 0. The van der Waals surface area contributed by atoms with E-state index in [9.17, 15) is 4.79 Å². The SMILES string of the molecule is COCc1nn2c(ncc3c(=O)n([C@@H]4CCC[C@H](C)[C@H]4C)ccc32)c1-c1ccccc1. The van der Waals surface area contributed by atoms with Crippen molar-refractivity contribution in [2.45, 2.75) is 45.8 Å². The fourth-order valence-corrected chi connectivity index (χ4v) is 5.07. The van der Waals surface area contributed by atoms with Gasteiger partial charge in [-0.25, -0.2) is 9.50 Å². The lowest BCUT2D eigenvalue weighted by Crippen LogP contribution is -2.33. The van der Waals surface area contributed by atoms with E-state index in [2.05, 4.69) is 13.8 Å². The Bertz CT molecular complexity index is 1290. The van der Waals surface area contributed by atoms with Crippen LogP contribution in [0.3, 0.4) is 0 Å². The van der Waals surface area contributed by atoms with Crippen LogP contribution in [0.4, 0.5) is 0 Å². The molecule has 1 fully saturated rings. The van der Waals surface area contributed by atoms with Crippen LogP contribution in [0.2, 0.25) is 0 Å². The molecule has 0 unspecified atom stereocenters. The van der Waals surface area contributed by atoms with Crippen molar-refractivity contribution in [3.05, 3.63) is 64.8 Å². The van der Waals surface area contributed by atoms with Crippen LogP contribution in [0.5, 0.6) is 0 Å². The zero-order valence-electron chi connectivity index (χ0n) is 18.3. The van der Waals surface area contributed by atoms with E-state index >= 15 is 0 Å². The standard InChI is InChI=1S/C25H28N4O2/c1-16-8-7-11-21(17(16)2)28-13-12-22-19(25(28)30)14-26-24-23(18-9-5-4-6-10-18)20(15-31-3)27-29(22)24/h4-6,9-10,12-14,16-17,21H,7-8,11,15H2,1-3H3/t16-,17+,21+/m0/s1. The Kier molecular flexibility index (Phi) is 5.10. The van der Waals surface area contributed by atoms with Crippen LogP contribution in [0.1, 0.15) is 44.8 Å². The molecule has 1 saturated carbocycles. The predicted molar refractivity (Wildman–Crippen MR) is 122 cm³/mol. The smallest absolute Gasteiger partial charge is 0.261 e. The van der Waals surface area contributed by atoms with Gasteiger partial charge in [0.25, 0.3) is 5.56 Å². The van der Waals surface area contributed by atoms with Gasteiger partial charge in [0.1, 0.15) is 0 Å². The summed E-state index contributed by atoms with van der Waals surface area (Å²) < 4.78 is 9.13. The van der Waals surface area contributed by atoms with Crippen molar-refractivity contribution in [1.29, 1.82) is 0 Å². The summed E-state index contributed by atoms with van der Waals surface area (Å²) in [5, 5.41) is 5.40. The van der Waals surface area contributed by atoms with E-state index in [1.165, 1.54) is 6.42 Å². The first-order valence-corrected chi connectivity index (χ1v) is 11.1. The Morgan fingerprint density at radius 1 is 1.13 bits per heavy atom. The number of aromatic nitrogens is 4. The van der Waals surface area contributed by atoms with Crippen LogP contribution in [0, 0.1) is 11.8 Å². The number of methoxy groups -OCH3 is 1. The normalized spacial score (nSPS) is 21.7. The van der Waals surface area contributed by atoms with Crippen LogP contribution in [0.25, 0.3) is 27.7 Å². The molecular formula is C25H28N4O2. The molecule has 1 aliphatic rings.